The molecule has 186 valence electrons. The number of hydrogen-bond acceptors (Lipinski definition) is 6. The summed E-state index contributed by atoms with van der Waals surface area (Å²) in [6.07, 6.45) is 3.84. The summed E-state index contributed by atoms with van der Waals surface area (Å²) in [5.74, 6) is 0.00500. The van der Waals surface area contributed by atoms with E-state index >= 15 is 0 Å². The van der Waals surface area contributed by atoms with Crippen molar-refractivity contribution < 1.29 is 26.4 Å². The first-order valence-electron chi connectivity index (χ1n) is 11.1. The minimum absolute atomic E-state index is 0.133. The molecule has 1 saturated heterocycles. The summed E-state index contributed by atoms with van der Waals surface area (Å²) in [6.45, 7) is 1.36. The molecular weight excluding hydrogens is 478 g/mol. The molecule has 1 aliphatic rings. The smallest absolute Gasteiger partial charge is 0.243 e. The van der Waals surface area contributed by atoms with Gasteiger partial charge in [0.1, 0.15) is 18.4 Å². The van der Waals surface area contributed by atoms with E-state index in [-0.39, 0.29) is 18.0 Å². The summed E-state index contributed by atoms with van der Waals surface area (Å²) >= 11 is 0. The third kappa shape index (κ3) is 6.56. The molecule has 1 N–H and O–H groups in total. The van der Waals surface area contributed by atoms with Crippen molar-refractivity contribution >= 4 is 26.0 Å². The molecule has 3 rings (SSSR count). The van der Waals surface area contributed by atoms with E-state index < -0.39 is 32.0 Å². The lowest BCUT2D eigenvalue weighted by molar-refractivity contribution is -0.124. The lowest BCUT2D eigenvalue weighted by Crippen LogP contribution is -2.42. The van der Waals surface area contributed by atoms with Gasteiger partial charge in [-0.05, 0) is 42.7 Å². The van der Waals surface area contributed by atoms with Crippen molar-refractivity contribution in [3.63, 3.8) is 0 Å². The number of carbonyl (C=O) groups is 1. The van der Waals surface area contributed by atoms with Crippen molar-refractivity contribution in [1.29, 1.82) is 0 Å². The molecule has 1 amide bonds. The Balaban J connectivity index is 1.56. The Labute approximate surface area is 201 Å². The van der Waals surface area contributed by atoms with Crippen LogP contribution >= 0.6 is 0 Å². The Morgan fingerprint density at radius 2 is 1.62 bits per heavy atom. The number of sulfonamides is 2. The predicted octanol–water partition coefficient (Wildman–Crippen LogP) is 1.99. The highest BCUT2D eigenvalue weighted by molar-refractivity contribution is 7.89. The molecule has 11 heteroatoms. The van der Waals surface area contributed by atoms with Crippen LogP contribution in [0.25, 0.3) is 0 Å². The van der Waals surface area contributed by atoms with Crippen molar-refractivity contribution in [2.24, 2.45) is 0 Å². The Morgan fingerprint density at radius 1 is 1.00 bits per heavy atom. The molecule has 0 aliphatic carbocycles. The lowest BCUT2D eigenvalue weighted by atomic mass is 10.1. The van der Waals surface area contributed by atoms with E-state index in [2.05, 4.69) is 5.32 Å². The number of nitrogens with zero attached hydrogens (tertiary/aromatic N) is 2. The predicted molar refractivity (Wildman–Crippen MR) is 129 cm³/mol. The molecule has 0 saturated carbocycles. The average Bonchev–Trinajstić information content (AvgIpc) is 2.83. The molecule has 1 atom stereocenters. The molecule has 0 radical (unpaired) electrons. The van der Waals surface area contributed by atoms with Crippen molar-refractivity contribution in [3.8, 4) is 5.75 Å². The first-order chi connectivity index (χ1) is 16.1. The molecule has 2 aromatic rings. The Hall–Kier alpha value is -2.47. The topological polar surface area (TPSA) is 113 Å². The highest BCUT2D eigenvalue weighted by Crippen LogP contribution is 2.23. The normalized spacial score (nSPS) is 16.2. The number of likely N-dealkylation sites (N-methyl/N-ethyl adjacent to an activating group) is 1. The van der Waals surface area contributed by atoms with Gasteiger partial charge >= 0.3 is 0 Å². The zero-order chi connectivity index (χ0) is 24.8. The van der Waals surface area contributed by atoms with E-state index in [1.54, 1.807) is 42.5 Å². The standard InChI is InChI=1S/C23H31N3O6S2/c1-25(33(2,28)29)22(19-9-5-3-6-10-19)23(27)24-15-18-32-20-11-13-21(14-12-20)34(30,31)26-16-7-4-8-17-26/h3,5-6,9-14,22H,4,7-8,15-18H2,1-2H3,(H,24,27). The minimum atomic E-state index is -3.60. The summed E-state index contributed by atoms with van der Waals surface area (Å²) in [5, 5.41) is 2.71. The third-order valence-electron chi connectivity index (χ3n) is 5.70. The molecule has 0 aromatic heterocycles. The number of benzene rings is 2. The van der Waals surface area contributed by atoms with Crippen LogP contribution in [-0.2, 0) is 24.8 Å². The Kier molecular flexibility index (Phi) is 8.69. The minimum Gasteiger partial charge on any atom is -0.492 e. The first kappa shape index (κ1) is 26.1. The number of hydrogen-bond donors (Lipinski definition) is 1. The van der Waals surface area contributed by atoms with Crippen LogP contribution < -0.4 is 10.1 Å². The van der Waals surface area contributed by atoms with Crippen molar-refractivity contribution in [2.75, 3.05) is 39.5 Å². The van der Waals surface area contributed by atoms with Gasteiger partial charge in [-0.1, -0.05) is 36.8 Å². The molecule has 0 bridgehead atoms. The fourth-order valence-corrected chi connectivity index (χ4v) is 5.87. The Morgan fingerprint density at radius 3 is 2.21 bits per heavy atom. The molecule has 9 nitrogen and oxygen atoms in total. The van der Waals surface area contributed by atoms with Crippen LogP contribution in [0.1, 0.15) is 30.9 Å². The van der Waals surface area contributed by atoms with Gasteiger partial charge in [-0.2, -0.15) is 8.61 Å². The summed E-state index contributed by atoms with van der Waals surface area (Å²) in [6, 6.07) is 13.9. The average molecular weight is 510 g/mol. The summed E-state index contributed by atoms with van der Waals surface area (Å²) in [4.78, 5) is 13.0. The number of nitrogens with one attached hydrogen (secondary N) is 1. The van der Waals surface area contributed by atoms with Crippen molar-refractivity contribution in [2.45, 2.75) is 30.2 Å². The molecule has 1 fully saturated rings. The van der Waals surface area contributed by atoms with Gasteiger partial charge in [-0.3, -0.25) is 4.79 Å². The second kappa shape index (κ2) is 11.3. The van der Waals surface area contributed by atoms with Gasteiger partial charge in [-0.25, -0.2) is 16.8 Å². The second-order valence-corrected chi connectivity index (χ2v) is 12.1. The summed E-state index contributed by atoms with van der Waals surface area (Å²) < 4.78 is 57.7. The zero-order valence-corrected chi connectivity index (χ0v) is 21.0. The number of ether oxygens (including phenoxy) is 1. The van der Waals surface area contributed by atoms with Gasteiger partial charge in [0.2, 0.25) is 26.0 Å². The molecular formula is C23H31N3O6S2. The van der Waals surface area contributed by atoms with E-state index in [0.717, 1.165) is 29.8 Å². The van der Waals surface area contributed by atoms with Crippen molar-refractivity contribution in [3.05, 3.63) is 60.2 Å². The highest BCUT2D eigenvalue weighted by Gasteiger charge is 2.30. The van der Waals surface area contributed by atoms with Crippen LogP contribution in [-0.4, -0.2) is 70.9 Å². The first-order valence-corrected chi connectivity index (χ1v) is 14.4. The second-order valence-electron chi connectivity index (χ2n) is 8.17. The molecule has 34 heavy (non-hydrogen) atoms. The molecule has 0 spiro atoms. The van der Waals surface area contributed by atoms with Gasteiger partial charge in [0.15, 0.2) is 0 Å². The SMILES string of the molecule is CN(C(C(=O)NCCOc1ccc(S(=O)(=O)N2CCCCC2)cc1)c1ccccc1)S(C)(=O)=O. The van der Waals surface area contributed by atoms with E-state index in [9.17, 15) is 21.6 Å². The van der Waals surface area contributed by atoms with Gasteiger partial charge in [0.25, 0.3) is 0 Å². The third-order valence-corrected chi connectivity index (χ3v) is 8.87. The molecule has 1 aliphatic heterocycles. The monoisotopic (exact) mass is 509 g/mol. The maximum Gasteiger partial charge on any atom is 0.243 e. The van der Waals surface area contributed by atoms with Gasteiger partial charge in [-0.15, -0.1) is 0 Å². The lowest BCUT2D eigenvalue weighted by Gasteiger charge is -2.26. The van der Waals surface area contributed by atoms with Gasteiger partial charge in [0.05, 0.1) is 17.7 Å². The van der Waals surface area contributed by atoms with Gasteiger partial charge < -0.3 is 10.1 Å². The maximum absolute atomic E-state index is 12.8. The number of rotatable bonds is 10. The summed E-state index contributed by atoms with van der Waals surface area (Å²) in [7, 11) is -5.75. The van der Waals surface area contributed by atoms with Crippen LogP contribution in [0.4, 0.5) is 0 Å². The summed E-state index contributed by atoms with van der Waals surface area (Å²) in [5.41, 5.74) is 0.555. The maximum atomic E-state index is 12.8. The van der Waals surface area contributed by atoms with Gasteiger partial charge in [0, 0.05) is 20.1 Å². The Bertz CT molecular complexity index is 1160. The number of carbonyl (C=O) groups excluding carboxylic acids is 1. The van der Waals surface area contributed by atoms with E-state index in [0.29, 0.717) is 24.4 Å². The fraction of sp³-hybridized carbons (Fsp3) is 0.435. The van der Waals surface area contributed by atoms with Crippen LogP contribution in [0, 0.1) is 0 Å². The molecule has 2 aromatic carbocycles. The highest BCUT2D eigenvalue weighted by atomic mass is 32.2. The number of piperidine rings is 1. The number of amides is 1. The quantitative estimate of drug-likeness (QED) is 0.490. The van der Waals surface area contributed by atoms with Crippen LogP contribution in [0.15, 0.2) is 59.5 Å². The van der Waals surface area contributed by atoms with Crippen LogP contribution in [0.3, 0.4) is 0 Å². The van der Waals surface area contributed by atoms with Crippen LogP contribution in [0.2, 0.25) is 0 Å². The molecule has 1 unspecified atom stereocenters. The largest absolute Gasteiger partial charge is 0.492 e. The molecule has 1 heterocycles. The van der Waals surface area contributed by atoms with E-state index in [1.807, 2.05) is 0 Å². The van der Waals surface area contributed by atoms with E-state index in [1.165, 1.54) is 23.5 Å². The van der Waals surface area contributed by atoms with Crippen LogP contribution in [0.5, 0.6) is 5.75 Å². The van der Waals surface area contributed by atoms with E-state index in [4.69, 9.17) is 4.74 Å². The fourth-order valence-electron chi connectivity index (χ4n) is 3.76. The van der Waals surface area contributed by atoms with Crippen molar-refractivity contribution in [1.82, 2.24) is 13.9 Å². The zero-order valence-electron chi connectivity index (χ0n) is 19.4.